The third-order valence-corrected chi connectivity index (χ3v) is 16.4. The zero-order chi connectivity index (χ0) is 41.5. The molecule has 1 heterocycles. The molecule has 10 heteroatoms. The number of nitrogens with zero attached hydrogens (tertiary/aromatic N) is 3. The van der Waals surface area contributed by atoms with Crippen LogP contribution in [0.25, 0.3) is 0 Å². The molecule has 0 amide bonds. The fourth-order valence-electron chi connectivity index (χ4n) is 7.91. The average Bonchev–Trinajstić information content (AvgIpc) is 3.51. The lowest BCUT2D eigenvalue weighted by molar-refractivity contribution is -0.249. The Kier molecular flexibility index (Phi) is 13.1. The van der Waals surface area contributed by atoms with Gasteiger partial charge in [0.2, 0.25) is 0 Å². The molecule has 0 radical (unpaired) electrons. The number of halogens is 3. The first-order valence-corrected chi connectivity index (χ1v) is 21.6. The molecular formula is C47H46F3N3O2SSi. The number of nitriles is 3. The number of hydrogen-bond donors (Lipinski definition) is 0. The lowest BCUT2D eigenvalue weighted by Gasteiger charge is -2.43. The highest BCUT2D eigenvalue weighted by Gasteiger charge is 2.65. The van der Waals surface area contributed by atoms with Crippen molar-refractivity contribution in [3.05, 3.63) is 165 Å². The van der Waals surface area contributed by atoms with Gasteiger partial charge >= 0.3 is 6.18 Å². The summed E-state index contributed by atoms with van der Waals surface area (Å²) in [5, 5.41) is 31.7. The third kappa shape index (κ3) is 8.53. The Morgan fingerprint density at radius 3 is 1.91 bits per heavy atom. The highest BCUT2D eigenvalue weighted by Crippen LogP contribution is 2.56. The van der Waals surface area contributed by atoms with Gasteiger partial charge in [-0.25, -0.2) is 0 Å². The van der Waals surface area contributed by atoms with Crippen molar-refractivity contribution in [2.45, 2.75) is 71.2 Å². The Labute approximate surface area is 340 Å². The summed E-state index contributed by atoms with van der Waals surface area (Å²) < 4.78 is 59.0. The van der Waals surface area contributed by atoms with Crippen LogP contribution in [0.3, 0.4) is 0 Å². The molecule has 1 unspecified atom stereocenters. The second-order valence-electron chi connectivity index (χ2n) is 15.8. The first-order valence-electron chi connectivity index (χ1n) is 18.7. The zero-order valence-electron chi connectivity index (χ0n) is 33.1. The molecule has 0 saturated carbocycles. The Bertz CT molecular complexity index is 2210. The van der Waals surface area contributed by atoms with Crippen molar-refractivity contribution in [1.29, 1.82) is 15.8 Å². The number of benzene rings is 3. The summed E-state index contributed by atoms with van der Waals surface area (Å²) in [6.45, 7) is 13.5. The molecule has 0 N–H and O–H groups in total. The van der Waals surface area contributed by atoms with Gasteiger partial charge in [-0.1, -0.05) is 156 Å². The normalized spacial score (nSPS) is 19.5. The Morgan fingerprint density at radius 1 is 0.860 bits per heavy atom. The minimum atomic E-state index is -5.07. The van der Waals surface area contributed by atoms with Crippen LogP contribution in [0.15, 0.2) is 160 Å². The Balaban J connectivity index is 1.57. The topological polar surface area (TPSA) is 89.8 Å². The lowest BCUT2D eigenvalue weighted by Crippen LogP contribution is -2.66. The molecule has 3 aromatic rings. The second kappa shape index (κ2) is 17.4. The van der Waals surface area contributed by atoms with Crippen LogP contribution in [-0.4, -0.2) is 26.9 Å². The Hall–Kier alpha value is -5.31. The first kappa shape index (κ1) is 42.8. The molecule has 1 atom stereocenters. The van der Waals surface area contributed by atoms with Gasteiger partial charge < -0.3 is 9.16 Å². The number of hydrogen-bond acceptors (Lipinski definition) is 6. The first-order chi connectivity index (χ1) is 27.1. The fraction of sp³-hybridized carbons (Fsp3) is 0.298. The summed E-state index contributed by atoms with van der Waals surface area (Å²) in [7, 11) is -2.78. The molecule has 0 bridgehead atoms. The van der Waals surface area contributed by atoms with Crippen LogP contribution in [0.4, 0.5) is 13.2 Å². The monoisotopic (exact) mass is 801 g/mol. The van der Waals surface area contributed by atoms with E-state index in [4.69, 9.17) is 9.16 Å². The molecule has 57 heavy (non-hydrogen) atoms. The van der Waals surface area contributed by atoms with Crippen LogP contribution >= 0.6 is 11.8 Å². The van der Waals surface area contributed by atoms with Crippen molar-refractivity contribution in [3.8, 4) is 18.2 Å². The van der Waals surface area contributed by atoms with Gasteiger partial charge in [-0.05, 0) is 51.7 Å². The van der Waals surface area contributed by atoms with E-state index in [-0.39, 0.29) is 16.0 Å². The van der Waals surface area contributed by atoms with Gasteiger partial charge in [0.25, 0.3) is 13.9 Å². The number of rotatable bonds is 11. The molecule has 5 rings (SSSR count). The van der Waals surface area contributed by atoms with Crippen LogP contribution < -0.4 is 10.4 Å². The smallest absolute Gasteiger partial charge is 0.437 e. The van der Waals surface area contributed by atoms with Crippen LogP contribution in [0.1, 0.15) is 59.9 Å². The van der Waals surface area contributed by atoms with E-state index < -0.39 is 42.6 Å². The van der Waals surface area contributed by atoms with Gasteiger partial charge in [0.05, 0.1) is 0 Å². The predicted octanol–water partition coefficient (Wildman–Crippen LogP) is 11.0. The summed E-state index contributed by atoms with van der Waals surface area (Å²) in [6.07, 6.45) is 5.03. The van der Waals surface area contributed by atoms with Gasteiger partial charge in [-0.2, -0.15) is 29.0 Å². The van der Waals surface area contributed by atoms with Crippen molar-refractivity contribution in [3.63, 3.8) is 0 Å². The Morgan fingerprint density at radius 2 is 1.42 bits per heavy atom. The second-order valence-corrected chi connectivity index (χ2v) is 21.2. The molecule has 3 aromatic carbocycles. The number of allylic oxidation sites excluding steroid dienone is 8. The molecular weight excluding hydrogens is 756 g/mol. The maximum absolute atomic E-state index is 15.4. The zero-order valence-corrected chi connectivity index (χ0v) is 34.9. The number of ether oxygens (including phenoxy) is 1. The van der Waals surface area contributed by atoms with E-state index in [0.717, 1.165) is 22.5 Å². The third-order valence-electron chi connectivity index (χ3n) is 10.2. The summed E-state index contributed by atoms with van der Waals surface area (Å²) >= 11 is 1.67. The van der Waals surface area contributed by atoms with Crippen molar-refractivity contribution >= 4 is 30.5 Å². The maximum Gasteiger partial charge on any atom is 0.437 e. The molecule has 1 aliphatic heterocycles. The highest BCUT2D eigenvalue weighted by atomic mass is 32.2. The van der Waals surface area contributed by atoms with Gasteiger partial charge in [0.15, 0.2) is 11.3 Å². The lowest BCUT2D eigenvalue weighted by atomic mass is 9.75. The van der Waals surface area contributed by atoms with Gasteiger partial charge in [-0.15, -0.1) is 11.8 Å². The molecule has 5 nitrogen and oxygen atoms in total. The van der Waals surface area contributed by atoms with Gasteiger partial charge in [-0.3, -0.25) is 0 Å². The maximum atomic E-state index is 15.4. The van der Waals surface area contributed by atoms with Crippen molar-refractivity contribution < 1.29 is 22.3 Å². The van der Waals surface area contributed by atoms with E-state index in [0.29, 0.717) is 18.8 Å². The van der Waals surface area contributed by atoms with Crippen LogP contribution in [0.5, 0.6) is 0 Å². The van der Waals surface area contributed by atoms with E-state index in [9.17, 15) is 15.8 Å². The van der Waals surface area contributed by atoms with Gasteiger partial charge in [0.1, 0.15) is 23.8 Å². The van der Waals surface area contributed by atoms with Crippen LogP contribution in [-0.2, 0) is 14.8 Å². The van der Waals surface area contributed by atoms with Crippen molar-refractivity contribution in [2.75, 3.05) is 12.4 Å². The van der Waals surface area contributed by atoms with Crippen molar-refractivity contribution in [1.82, 2.24) is 0 Å². The summed E-state index contributed by atoms with van der Waals surface area (Å²) in [5.74, 6) is -0.0631. The summed E-state index contributed by atoms with van der Waals surface area (Å²) in [6, 6.07) is 32.9. The van der Waals surface area contributed by atoms with Crippen LogP contribution in [0, 0.1) is 39.4 Å². The molecule has 0 fully saturated rings. The number of alkyl halides is 3. The quantitative estimate of drug-likeness (QED) is 0.109. The molecule has 2 aliphatic rings. The molecule has 0 saturated heterocycles. The van der Waals surface area contributed by atoms with E-state index in [2.05, 4.69) is 89.2 Å². The largest absolute Gasteiger partial charge is 0.465 e. The predicted molar refractivity (Wildman–Crippen MR) is 224 cm³/mol. The minimum absolute atomic E-state index is 0.151. The van der Waals surface area contributed by atoms with E-state index in [1.54, 1.807) is 36.0 Å². The molecule has 0 aromatic heterocycles. The van der Waals surface area contributed by atoms with E-state index >= 15 is 13.2 Å². The molecule has 0 spiro atoms. The summed E-state index contributed by atoms with van der Waals surface area (Å²) in [4.78, 5) is 1.03. The standard InChI is InChI=1S/C47H46F3N3O2SSi/c1-7-18-34-29-45(5,6)30-35(43(34)56-28-27-54-57(44(2,3)4,38-22-13-9-14-23-38)39-24-15-10-16-25-39)19-17-26-41-40(33-53)42(36(31-51)32-52)55-46(41,47(48,49)50)37-20-11-8-12-21-37/h7-26H,27-30H2,1-6H3/b18-7+,26-17+,35-19+. The fourth-order valence-corrected chi connectivity index (χ4v) is 13.6. The van der Waals surface area contributed by atoms with Gasteiger partial charge in [0, 0.05) is 28.4 Å². The average molecular weight is 802 g/mol. The minimum Gasteiger partial charge on any atom is -0.465 e. The number of thioether (sulfide) groups is 1. The van der Waals surface area contributed by atoms with Crippen molar-refractivity contribution in [2.24, 2.45) is 5.41 Å². The summed E-state index contributed by atoms with van der Waals surface area (Å²) in [5.41, 5.74) is -3.24. The van der Waals surface area contributed by atoms with E-state index in [1.165, 1.54) is 46.8 Å². The SMILES string of the molecule is C/C=C/C1=C(SCCO[Si](c2ccccc2)(c2ccccc2)C(C)(C)C)C(=C/C=C/C2=C(C#N)C(=C(C#N)C#N)OC2(c2ccccc2)C(F)(F)F)/CC(C)(C)C1. The molecule has 292 valence electrons. The van der Waals surface area contributed by atoms with Crippen LogP contribution in [0.2, 0.25) is 5.04 Å². The molecule has 1 aliphatic carbocycles. The van der Waals surface area contributed by atoms with E-state index in [1.807, 2.05) is 31.2 Å². The highest BCUT2D eigenvalue weighted by molar-refractivity contribution is 8.03.